The molecular formula is C24H26N2O2S. The summed E-state index contributed by atoms with van der Waals surface area (Å²) in [5.74, 6) is 0.547. The van der Waals surface area contributed by atoms with E-state index in [-0.39, 0.29) is 35.5 Å². The van der Waals surface area contributed by atoms with E-state index in [1.54, 1.807) is 0 Å². The summed E-state index contributed by atoms with van der Waals surface area (Å²) in [7, 11) is 0. The molecule has 0 radical (unpaired) electrons. The lowest BCUT2D eigenvalue weighted by molar-refractivity contribution is -0.123. The lowest BCUT2D eigenvalue weighted by Crippen LogP contribution is -2.33. The van der Waals surface area contributed by atoms with E-state index in [4.69, 9.17) is 0 Å². The number of rotatable bonds is 3. The molecular weight excluding hydrogens is 380 g/mol. The van der Waals surface area contributed by atoms with Gasteiger partial charge in [-0.3, -0.25) is 9.59 Å². The molecule has 1 aromatic carbocycles. The van der Waals surface area contributed by atoms with E-state index < -0.39 is 0 Å². The molecule has 1 saturated heterocycles. The third kappa shape index (κ3) is 2.67. The van der Waals surface area contributed by atoms with Crippen LogP contribution in [0, 0.1) is 23.7 Å². The first-order valence-corrected chi connectivity index (χ1v) is 11.4. The van der Waals surface area contributed by atoms with Gasteiger partial charge in [-0.25, -0.2) is 9.88 Å². The number of amides is 2. The number of imide groups is 1. The van der Waals surface area contributed by atoms with E-state index in [9.17, 15) is 9.59 Å². The van der Waals surface area contributed by atoms with Crippen LogP contribution in [0.25, 0.3) is 11.3 Å². The number of allylic oxidation sites excluding steroid dienone is 2. The maximum Gasteiger partial charge on any atom is 0.240 e. The standard InChI is InChI=1S/C24H26N2O2S/c1-12(2)14-5-7-15(8-6-14)18-11-29-24(25-18)26-22(27)20-16-9-10-17(19(16)13(3)4)21(20)23(26)28/h5-8,11-12,16-17,20-21H,9-10H2,1-4H3/t16-,17-,20-,21-/m1/s1. The zero-order valence-electron chi connectivity index (χ0n) is 17.3. The van der Waals surface area contributed by atoms with Crippen LogP contribution in [0.5, 0.6) is 0 Å². The Kier molecular flexibility index (Phi) is 4.28. The molecule has 4 nitrogen and oxygen atoms in total. The normalized spacial score (nSPS) is 28.0. The lowest BCUT2D eigenvalue weighted by atomic mass is 9.81. The number of carbonyl (C=O) groups is 2. The number of anilines is 1. The van der Waals surface area contributed by atoms with Crippen molar-refractivity contribution in [3.8, 4) is 11.3 Å². The van der Waals surface area contributed by atoms with Crippen LogP contribution >= 0.6 is 11.3 Å². The monoisotopic (exact) mass is 406 g/mol. The fraction of sp³-hybridized carbons (Fsp3) is 0.458. The molecule has 2 aromatic rings. The van der Waals surface area contributed by atoms with Crippen molar-refractivity contribution in [2.75, 3.05) is 4.90 Å². The van der Waals surface area contributed by atoms with E-state index >= 15 is 0 Å². The third-order valence-corrected chi connectivity index (χ3v) is 7.81. The molecule has 2 saturated carbocycles. The minimum atomic E-state index is -0.177. The van der Waals surface area contributed by atoms with Crippen LogP contribution < -0.4 is 4.90 Å². The molecule has 5 heteroatoms. The van der Waals surface area contributed by atoms with E-state index in [1.165, 1.54) is 32.9 Å². The van der Waals surface area contributed by atoms with E-state index in [1.807, 2.05) is 5.38 Å². The summed E-state index contributed by atoms with van der Waals surface area (Å²) in [6.07, 6.45) is 2.06. The van der Waals surface area contributed by atoms with Gasteiger partial charge in [0.05, 0.1) is 17.5 Å². The minimum Gasteiger partial charge on any atom is -0.274 e. The summed E-state index contributed by atoms with van der Waals surface area (Å²) in [4.78, 5) is 32.6. The van der Waals surface area contributed by atoms with Gasteiger partial charge in [-0.15, -0.1) is 11.3 Å². The van der Waals surface area contributed by atoms with Crippen LogP contribution in [-0.2, 0) is 9.59 Å². The van der Waals surface area contributed by atoms with Gasteiger partial charge in [-0.2, -0.15) is 0 Å². The Balaban J connectivity index is 1.44. The highest BCUT2D eigenvalue weighted by Gasteiger charge is 2.64. The smallest absolute Gasteiger partial charge is 0.240 e. The highest BCUT2D eigenvalue weighted by Crippen LogP contribution is 2.60. The number of fused-ring (bicyclic) bond motifs is 5. The Bertz CT molecular complexity index is 997. The number of hydrogen-bond donors (Lipinski definition) is 0. The Morgan fingerprint density at radius 2 is 1.62 bits per heavy atom. The maximum atomic E-state index is 13.3. The topological polar surface area (TPSA) is 50.3 Å². The molecule has 3 fully saturated rings. The summed E-state index contributed by atoms with van der Waals surface area (Å²) in [6, 6.07) is 8.37. The van der Waals surface area contributed by atoms with Crippen molar-refractivity contribution in [3.05, 3.63) is 46.4 Å². The molecule has 29 heavy (non-hydrogen) atoms. The number of hydrogen-bond acceptors (Lipinski definition) is 4. The van der Waals surface area contributed by atoms with Crippen LogP contribution in [0.4, 0.5) is 5.13 Å². The summed E-state index contributed by atoms with van der Waals surface area (Å²) in [5, 5.41) is 2.47. The van der Waals surface area contributed by atoms with Crippen molar-refractivity contribution in [1.82, 2.24) is 4.98 Å². The van der Waals surface area contributed by atoms with Crippen LogP contribution in [0.3, 0.4) is 0 Å². The van der Waals surface area contributed by atoms with Crippen LogP contribution in [0.1, 0.15) is 52.0 Å². The van der Waals surface area contributed by atoms with E-state index in [0.29, 0.717) is 11.0 Å². The van der Waals surface area contributed by atoms with Crippen molar-refractivity contribution in [3.63, 3.8) is 0 Å². The van der Waals surface area contributed by atoms with Gasteiger partial charge in [-0.05, 0) is 50.0 Å². The zero-order chi connectivity index (χ0) is 20.4. The fourth-order valence-corrected chi connectivity index (χ4v) is 6.56. The highest BCUT2D eigenvalue weighted by atomic mass is 32.1. The second kappa shape index (κ2) is 6.63. The summed E-state index contributed by atoms with van der Waals surface area (Å²) >= 11 is 1.39. The molecule has 2 amide bonds. The van der Waals surface area contributed by atoms with Gasteiger partial charge in [0.15, 0.2) is 5.13 Å². The van der Waals surface area contributed by atoms with Gasteiger partial charge < -0.3 is 0 Å². The minimum absolute atomic E-state index is 0.0398. The summed E-state index contributed by atoms with van der Waals surface area (Å²) < 4.78 is 0. The molecule has 1 aromatic heterocycles. The first-order chi connectivity index (χ1) is 13.9. The second-order valence-corrected chi connectivity index (χ2v) is 9.94. The van der Waals surface area contributed by atoms with Crippen molar-refractivity contribution in [2.45, 2.75) is 46.5 Å². The average Bonchev–Trinajstić information content (AvgIpc) is 3.44. The van der Waals surface area contributed by atoms with Crippen molar-refractivity contribution >= 4 is 28.3 Å². The van der Waals surface area contributed by atoms with Gasteiger partial charge in [0.2, 0.25) is 11.8 Å². The number of carbonyl (C=O) groups excluding carboxylic acids is 2. The molecule has 0 N–H and O–H groups in total. The highest BCUT2D eigenvalue weighted by molar-refractivity contribution is 7.14. The van der Waals surface area contributed by atoms with Crippen molar-refractivity contribution in [2.24, 2.45) is 23.7 Å². The molecule has 2 aliphatic carbocycles. The molecule has 2 bridgehead atoms. The first kappa shape index (κ1) is 18.7. The Labute approximate surface area is 175 Å². The number of benzene rings is 1. The van der Waals surface area contributed by atoms with E-state index in [0.717, 1.165) is 24.1 Å². The first-order valence-electron chi connectivity index (χ1n) is 10.5. The SMILES string of the molecule is CC(C)=C1[C@H]2CC[C@H]1[C@H]1C(=O)N(c3nc(-c4ccc(C(C)C)cc4)cs3)C(=O)[C@@H]12. The predicted molar refractivity (Wildman–Crippen MR) is 116 cm³/mol. The van der Waals surface area contributed by atoms with Crippen LogP contribution in [0.15, 0.2) is 40.8 Å². The van der Waals surface area contributed by atoms with Gasteiger partial charge >= 0.3 is 0 Å². The van der Waals surface area contributed by atoms with Crippen molar-refractivity contribution in [1.29, 1.82) is 0 Å². The Morgan fingerprint density at radius 3 is 2.14 bits per heavy atom. The zero-order valence-corrected chi connectivity index (χ0v) is 18.1. The second-order valence-electron chi connectivity index (χ2n) is 9.10. The molecule has 150 valence electrons. The molecule has 0 spiro atoms. The summed E-state index contributed by atoms with van der Waals surface area (Å²) in [6.45, 7) is 8.58. The number of nitrogens with zero attached hydrogens (tertiary/aromatic N) is 2. The largest absolute Gasteiger partial charge is 0.274 e. The molecule has 1 aliphatic heterocycles. The quantitative estimate of drug-likeness (QED) is 0.505. The molecule has 3 aliphatic rings. The van der Waals surface area contributed by atoms with Gasteiger partial charge in [0, 0.05) is 10.9 Å². The molecule has 5 rings (SSSR count). The average molecular weight is 407 g/mol. The Hall–Kier alpha value is -2.27. The Morgan fingerprint density at radius 1 is 1.03 bits per heavy atom. The molecule has 0 unspecified atom stereocenters. The third-order valence-electron chi connectivity index (χ3n) is 6.99. The van der Waals surface area contributed by atoms with Crippen molar-refractivity contribution < 1.29 is 9.59 Å². The van der Waals surface area contributed by atoms with Gasteiger partial charge in [0.1, 0.15) is 0 Å². The number of aromatic nitrogens is 1. The van der Waals surface area contributed by atoms with Crippen LogP contribution in [0.2, 0.25) is 0 Å². The van der Waals surface area contributed by atoms with Gasteiger partial charge in [0.25, 0.3) is 0 Å². The molecule has 2 heterocycles. The lowest BCUT2D eigenvalue weighted by Gasteiger charge is -2.18. The fourth-order valence-electron chi connectivity index (χ4n) is 5.72. The predicted octanol–water partition coefficient (Wildman–Crippen LogP) is 5.42. The van der Waals surface area contributed by atoms with Crippen LogP contribution in [-0.4, -0.2) is 16.8 Å². The van der Waals surface area contributed by atoms with Gasteiger partial charge in [-0.1, -0.05) is 49.3 Å². The maximum absolute atomic E-state index is 13.3. The molecule has 4 atom stereocenters. The van der Waals surface area contributed by atoms with E-state index in [2.05, 4.69) is 56.9 Å². The summed E-state index contributed by atoms with van der Waals surface area (Å²) in [5.41, 5.74) is 5.80. The number of thiazole rings is 1.